The third-order valence-corrected chi connectivity index (χ3v) is 7.07. The highest BCUT2D eigenvalue weighted by Crippen LogP contribution is 2.43. The molecular formula is C28H27FN2O2. The molecule has 1 fully saturated rings. The molecule has 1 aliphatic carbocycles. The third-order valence-electron chi connectivity index (χ3n) is 7.07. The van der Waals surface area contributed by atoms with Crippen molar-refractivity contribution in [2.45, 2.75) is 25.9 Å². The maximum absolute atomic E-state index is 14.3. The number of hydrogen-bond acceptors (Lipinski definition) is 4. The Balaban J connectivity index is 1.49. The van der Waals surface area contributed by atoms with Crippen molar-refractivity contribution in [1.29, 1.82) is 0 Å². The number of rotatable bonds is 4. The van der Waals surface area contributed by atoms with Crippen LogP contribution in [-0.2, 0) is 12.1 Å². The van der Waals surface area contributed by atoms with Crippen molar-refractivity contribution >= 4 is 11.6 Å². The number of benzene rings is 3. The second kappa shape index (κ2) is 8.32. The number of halogens is 1. The van der Waals surface area contributed by atoms with E-state index in [9.17, 15) is 14.0 Å². The highest BCUT2D eigenvalue weighted by atomic mass is 19.1. The van der Waals surface area contributed by atoms with Crippen molar-refractivity contribution in [2.75, 3.05) is 26.2 Å². The van der Waals surface area contributed by atoms with Crippen molar-refractivity contribution in [3.8, 4) is 0 Å². The zero-order valence-corrected chi connectivity index (χ0v) is 19.0. The number of fused-ring (bicyclic) bond motifs is 1. The quantitative estimate of drug-likeness (QED) is 0.557. The SMILES string of the molecule is Cc1ccc2c(c1)C(=O)C(c1cccc(F)c1)(N1CCN(Cc3ccccc3C)CC1)C2=O. The molecule has 0 amide bonds. The van der Waals surface area contributed by atoms with Gasteiger partial charge in [-0.1, -0.05) is 54.1 Å². The average molecular weight is 443 g/mol. The van der Waals surface area contributed by atoms with Crippen LogP contribution in [-0.4, -0.2) is 47.5 Å². The van der Waals surface area contributed by atoms with Crippen molar-refractivity contribution in [3.05, 3.63) is 106 Å². The molecule has 33 heavy (non-hydrogen) atoms. The van der Waals surface area contributed by atoms with Gasteiger partial charge in [0.2, 0.25) is 0 Å². The van der Waals surface area contributed by atoms with Crippen molar-refractivity contribution in [2.24, 2.45) is 0 Å². The Hall–Kier alpha value is -3.15. The van der Waals surface area contributed by atoms with Crippen LogP contribution >= 0.6 is 0 Å². The summed E-state index contributed by atoms with van der Waals surface area (Å²) >= 11 is 0. The summed E-state index contributed by atoms with van der Waals surface area (Å²) in [7, 11) is 0. The number of hydrogen-bond donors (Lipinski definition) is 0. The highest BCUT2D eigenvalue weighted by Gasteiger charge is 2.58. The Morgan fingerprint density at radius 1 is 0.818 bits per heavy atom. The predicted octanol–water partition coefficient (Wildman–Crippen LogP) is 4.53. The van der Waals surface area contributed by atoms with Gasteiger partial charge in [-0.25, -0.2) is 4.39 Å². The lowest BCUT2D eigenvalue weighted by molar-refractivity contribution is 0.0278. The van der Waals surface area contributed by atoms with Crippen LogP contribution in [0, 0.1) is 19.7 Å². The second-order valence-electron chi connectivity index (χ2n) is 9.12. The topological polar surface area (TPSA) is 40.6 Å². The number of aryl methyl sites for hydroxylation is 2. The Morgan fingerprint density at radius 3 is 2.27 bits per heavy atom. The van der Waals surface area contributed by atoms with Gasteiger partial charge in [0.1, 0.15) is 5.82 Å². The number of piperazine rings is 1. The van der Waals surface area contributed by atoms with E-state index in [1.807, 2.05) is 30.0 Å². The Kier molecular flexibility index (Phi) is 5.47. The Labute approximate surface area is 193 Å². The maximum Gasteiger partial charge on any atom is 0.196 e. The molecule has 3 aromatic carbocycles. The van der Waals surface area contributed by atoms with E-state index in [0.717, 1.165) is 25.2 Å². The summed E-state index contributed by atoms with van der Waals surface area (Å²) in [6.07, 6.45) is 0. The molecule has 4 nitrogen and oxygen atoms in total. The molecule has 0 bridgehead atoms. The lowest BCUT2D eigenvalue weighted by atomic mass is 9.82. The van der Waals surface area contributed by atoms with Gasteiger partial charge < -0.3 is 0 Å². The molecular weight excluding hydrogens is 415 g/mol. The smallest absolute Gasteiger partial charge is 0.196 e. The van der Waals surface area contributed by atoms with E-state index in [1.165, 1.54) is 23.3 Å². The first-order valence-corrected chi connectivity index (χ1v) is 11.4. The molecule has 3 aromatic rings. The maximum atomic E-state index is 14.3. The fourth-order valence-electron chi connectivity index (χ4n) is 5.25. The first kappa shape index (κ1) is 21.7. The standard InChI is InChI=1S/C28H27FN2O2/c1-19-10-11-24-25(16-19)27(33)28(26(24)32,22-8-5-9-23(29)17-22)31-14-12-30(13-15-31)18-21-7-4-3-6-20(21)2/h3-11,16-17H,12-15,18H2,1-2H3. The van der Waals surface area contributed by atoms with Gasteiger partial charge in [0.25, 0.3) is 0 Å². The van der Waals surface area contributed by atoms with E-state index in [1.54, 1.807) is 24.3 Å². The number of ketones is 2. The molecule has 1 heterocycles. The number of carbonyl (C=O) groups excluding carboxylic acids is 2. The van der Waals surface area contributed by atoms with Crippen LogP contribution in [0.1, 0.15) is 43.0 Å². The summed E-state index contributed by atoms with van der Waals surface area (Å²) in [6.45, 7) is 7.39. The first-order chi connectivity index (χ1) is 15.9. The normalized spacial score (nSPS) is 21.4. The molecule has 1 atom stereocenters. The zero-order chi connectivity index (χ0) is 23.2. The van der Waals surface area contributed by atoms with Gasteiger partial charge >= 0.3 is 0 Å². The lowest BCUT2D eigenvalue weighted by Crippen LogP contribution is -2.60. The van der Waals surface area contributed by atoms with E-state index in [2.05, 4.69) is 24.0 Å². The minimum atomic E-state index is -1.51. The van der Waals surface area contributed by atoms with Gasteiger partial charge in [-0.2, -0.15) is 0 Å². The van der Waals surface area contributed by atoms with Gasteiger partial charge in [0.05, 0.1) is 0 Å². The fourth-order valence-corrected chi connectivity index (χ4v) is 5.25. The van der Waals surface area contributed by atoms with Crippen LogP contribution in [0.3, 0.4) is 0 Å². The molecule has 1 saturated heterocycles. The van der Waals surface area contributed by atoms with Crippen LogP contribution < -0.4 is 0 Å². The van der Waals surface area contributed by atoms with Crippen LogP contribution in [0.25, 0.3) is 0 Å². The van der Waals surface area contributed by atoms with E-state index < -0.39 is 11.4 Å². The molecule has 0 saturated carbocycles. The molecule has 2 aliphatic rings. The average Bonchev–Trinajstić information content (AvgIpc) is 3.03. The van der Waals surface area contributed by atoms with E-state index in [4.69, 9.17) is 0 Å². The van der Waals surface area contributed by atoms with E-state index in [-0.39, 0.29) is 11.6 Å². The number of Topliss-reactive ketones (excluding diaryl/α,β-unsaturated/α-hetero) is 2. The zero-order valence-electron chi connectivity index (χ0n) is 19.0. The Morgan fingerprint density at radius 2 is 1.55 bits per heavy atom. The number of nitrogens with zero attached hydrogens (tertiary/aromatic N) is 2. The van der Waals surface area contributed by atoms with Crippen molar-refractivity contribution < 1.29 is 14.0 Å². The largest absolute Gasteiger partial charge is 0.297 e. The molecule has 0 radical (unpaired) electrons. The van der Waals surface area contributed by atoms with E-state index >= 15 is 0 Å². The predicted molar refractivity (Wildman–Crippen MR) is 126 cm³/mol. The summed E-state index contributed by atoms with van der Waals surface area (Å²) in [5.41, 5.74) is 3.23. The summed E-state index contributed by atoms with van der Waals surface area (Å²) in [4.78, 5) is 32.1. The summed E-state index contributed by atoms with van der Waals surface area (Å²) < 4.78 is 14.3. The van der Waals surface area contributed by atoms with Crippen LogP contribution in [0.4, 0.5) is 4.39 Å². The minimum absolute atomic E-state index is 0.246. The lowest BCUT2D eigenvalue weighted by Gasteiger charge is -2.44. The van der Waals surface area contributed by atoms with Crippen molar-refractivity contribution in [1.82, 2.24) is 9.80 Å². The van der Waals surface area contributed by atoms with Crippen LogP contribution in [0.15, 0.2) is 66.7 Å². The molecule has 5 heteroatoms. The number of carbonyl (C=O) groups is 2. The van der Waals surface area contributed by atoms with Gasteiger partial charge in [-0.15, -0.1) is 0 Å². The highest BCUT2D eigenvalue weighted by molar-refractivity contribution is 6.32. The van der Waals surface area contributed by atoms with Gasteiger partial charge in [-0.3, -0.25) is 19.4 Å². The second-order valence-corrected chi connectivity index (χ2v) is 9.12. The summed E-state index contributed by atoms with van der Waals surface area (Å²) in [6, 6.07) is 19.7. The molecule has 0 spiro atoms. The molecule has 0 N–H and O–H groups in total. The summed E-state index contributed by atoms with van der Waals surface area (Å²) in [5.74, 6) is -0.942. The first-order valence-electron chi connectivity index (χ1n) is 11.4. The molecule has 168 valence electrons. The molecule has 1 unspecified atom stereocenters. The Bertz CT molecular complexity index is 1250. The van der Waals surface area contributed by atoms with Crippen LogP contribution in [0.2, 0.25) is 0 Å². The monoisotopic (exact) mass is 442 g/mol. The minimum Gasteiger partial charge on any atom is -0.297 e. The van der Waals surface area contributed by atoms with Crippen molar-refractivity contribution in [3.63, 3.8) is 0 Å². The third kappa shape index (κ3) is 3.52. The summed E-state index contributed by atoms with van der Waals surface area (Å²) in [5, 5.41) is 0. The molecule has 5 rings (SSSR count). The fraction of sp³-hybridized carbons (Fsp3) is 0.286. The van der Waals surface area contributed by atoms with Gasteiger partial charge in [0, 0.05) is 43.9 Å². The molecule has 0 aromatic heterocycles. The van der Waals surface area contributed by atoms with E-state index in [0.29, 0.717) is 29.8 Å². The van der Waals surface area contributed by atoms with Gasteiger partial charge in [0.15, 0.2) is 17.1 Å². The van der Waals surface area contributed by atoms with Gasteiger partial charge in [-0.05, 0) is 48.7 Å². The van der Waals surface area contributed by atoms with Crippen LogP contribution in [0.5, 0.6) is 0 Å². The molecule has 1 aliphatic heterocycles.